The zero-order valence-corrected chi connectivity index (χ0v) is 15.1. The molecule has 6 heteroatoms. The molecule has 2 amide bonds. The summed E-state index contributed by atoms with van der Waals surface area (Å²) in [4.78, 5) is 27.3. The Morgan fingerprint density at radius 2 is 2.00 bits per heavy atom. The molecule has 25 heavy (non-hydrogen) atoms. The maximum absolute atomic E-state index is 12.9. The van der Waals surface area contributed by atoms with Crippen LogP contribution < -0.4 is 15.0 Å². The molecular weight excluding hydrogens is 340 g/mol. The number of likely N-dealkylation sites (N-methyl/N-ethyl adjacent to an activating group) is 1. The van der Waals surface area contributed by atoms with Gasteiger partial charge in [0, 0.05) is 17.3 Å². The van der Waals surface area contributed by atoms with Gasteiger partial charge in [-0.25, -0.2) is 0 Å². The minimum absolute atomic E-state index is 0.399. The van der Waals surface area contributed by atoms with E-state index in [9.17, 15) is 9.59 Å². The van der Waals surface area contributed by atoms with Crippen molar-refractivity contribution >= 4 is 34.8 Å². The average molecular weight is 359 g/mol. The summed E-state index contributed by atoms with van der Waals surface area (Å²) in [5.41, 5.74) is 0.433. The summed E-state index contributed by atoms with van der Waals surface area (Å²) in [6.07, 6.45) is 0. The lowest BCUT2D eigenvalue weighted by Gasteiger charge is -2.39. The fourth-order valence-corrected chi connectivity index (χ4v) is 2.96. The van der Waals surface area contributed by atoms with Crippen molar-refractivity contribution < 1.29 is 14.3 Å². The average Bonchev–Trinajstić information content (AvgIpc) is 2.59. The summed E-state index contributed by atoms with van der Waals surface area (Å²) in [7, 11) is 0. The second-order valence-corrected chi connectivity index (χ2v) is 6.48. The van der Waals surface area contributed by atoms with Gasteiger partial charge in [0.25, 0.3) is 17.4 Å². The van der Waals surface area contributed by atoms with Crippen molar-refractivity contribution in [2.75, 3.05) is 16.8 Å². The van der Waals surface area contributed by atoms with Crippen LogP contribution in [0.5, 0.6) is 5.75 Å². The Balaban J connectivity index is 1.93. The minimum Gasteiger partial charge on any atom is -0.465 e. The Morgan fingerprint density at radius 3 is 2.68 bits per heavy atom. The number of ether oxygens (including phenoxy) is 1. The number of anilines is 2. The van der Waals surface area contributed by atoms with Gasteiger partial charge in [-0.2, -0.15) is 0 Å². The Bertz CT molecular complexity index is 852. The summed E-state index contributed by atoms with van der Waals surface area (Å²) in [5.74, 6) is -0.432. The number of aryl methyl sites for hydroxylation is 1. The Labute approximate surface area is 151 Å². The number of benzene rings is 2. The van der Waals surface area contributed by atoms with Crippen LogP contribution in [0, 0.1) is 6.92 Å². The molecule has 1 N–H and O–H groups in total. The SMILES string of the molecule is CCN1C(=O)C(C)(C(=O)Nc2ccc(C)c(Cl)c2)Oc2ccccc21. The van der Waals surface area contributed by atoms with Crippen molar-refractivity contribution in [3.05, 3.63) is 53.1 Å². The monoisotopic (exact) mass is 358 g/mol. The highest BCUT2D eigenvalue weighted by molar-refractivity contribution is 6.31. The van der Waals surface area contributed by atoms with E-state index in [2.05, 4.69) is 5.32 Å². The molecule has 1 heterocycles. The molecule has 0 bridgehead atoms. The fraction of sp³-hybridized carbons (Fsp3) is 0.263. The zero-order chi connectivity index (χ0) is 18.2. The highest BCUT2D eigenvalue weighted by Crippen LogP contribution is 2.38. The van der Waals surface area contributed by atoms with Crippen molar-refractivity contribution in [1.82, 2.24) is 0 Å². The first-order chi connectivity index (χ1) is 11.9. The molecular formula is C19H19ClN2O3. The number of hydrogen-bond acceptors (Lipinski definition) is 3. The summed E-state index contributed by atoms with van der Waals surface area (Å²) < 4.78 is 5.82. The molecule has 0 aliphatic carbocycles. The van der Waals surface area contributed by atoms with Gasteiger partial charge in [-0.3, -0.25) is 9.59 Å². The molecule has 130 valence electrons. The van der Waals surface area contributed by atoms with Gasteiger partial charge < -0.3 is 15.0 Å². The topological polar surface area (TPSA) is 58.6 Å². The van der Waals surface area contributed by atoms with Gasteiger partial charge >= 0.3 is 0 Å². The number of rotatable bonds is 3. The van der Waals surface area contributed by atoms with Crippen LogP contribution in [0.15, 0.2) is 42.5 Å². The van der Waals surface area contributed by atoms with Crippen LogP contribution in [0.4, 0.5) is 11.4 Å². The number of hydrogen-bond donors (Lipinski definition) is 1. The number of halogens is 1. The lowest BCUT2D eigenvalue weighted by molar-refractivity contribution is -0.145. The highest BCUT2D eigenvalue weighted by Gasteiger charge is 2.50. The van der Waals surface area contributed by atoms with Crippen LogP contribution in [0.1, 0.15) is 19.4 Å². The second kappa shape index (κ2) is 6.41. The van der Waals surface area contributed by atoms with Crippen molar-refractivity contribution in [2.45, 2.75) is 26.4 Å². The molecule has 0 saturated heterocycles. The number of nitrogens with one attached hydrogen (secondary N) is 1. The Hall–Kier alpha value is -2.53. The maximum atomic E-state index is 12.9. The van der Waals surface area contributed by atoms with Crippen LogP contribution in [-0.4, -0.2) is 24.0 Å². The minimum atomic E-state index is -1.65. The molecule has 0 saturated carbocycles. The standard InChI is InChI=1S/C19H19ClN2O3/c1-4-22-15-7-5-6-8-16(15)25-19(3,18(22)24)17(23)21-13-10-9-12(2)14(20)11-13/h5-11H,4H2,1-3H3,(H,21,23). The molecule has 3 rings (SSSR count). The second-order valence-electron chi connectivity index (χ2n) is 6.07. The van der Waals surface area contributed by atoms with Crippen LogP contribution in [-0.2, 0) is 9.59 Å². The van der Waals surface area contributed by atoms with Crippen LogP contribution in [0.2, 0.25) is 5.02 Å². The smallest absolute Gasteiger partial charge is 0.280 e. The van der Waals surface area contributed by atoms with Crippen molar-refractivity contribution in [3.8, 4) is 5.75 Å². The first kappa shape index (κ1) is 17.3. The third-order valence-electron chi connectivity index (χ3n) is 4.30. The van der Waals surface area contributed by atoms with Gasteiger partial charge in [0.05, 0.1) is 5.69 Å². The van der Waals surface area contributed by atoms with Gasteiger partial charge in [0.1, 0.15) is 5.75 Å². The number of carbonyl (C=O) groups is 2. The largest absolute Gasteiger partial charge is 0.465 e. The van der Waals surface area contributed by atoms with Crippen molar-refractivity contribution in [1.29, 1.82) is 0 Å². The fourth-order valence-electron chi connectivity index (χ4n) is 2.78. The summed E-state index contributed by atoms with van der Waals surface area (Å²) in [6.45, 7) is 5.66. The summed E-state index contributed by atoms with van der Waals surface area (Å²) in [5, 5.41) is 3.27. The molecule has 1 unspecified atom stereocenters. The van der Waals surface area contributed by atoms with Gasteiger partial charge in [0.2, 0.25) is 0 Å². The third kappa shape index (κ3) is 2.96. The molecule has 0 aromatic heterocycles. The van der Waals surface area contributed by atoms with E-state index in [1.807, 2.05) is 19.9 Å². The molecule has 5 nitrogen and oxygen atoms in total. The molecule has 2 aromatic carbocycles. The van der Waals surface area contributed by atoms with E-state index in [1.165, 1.54) is 6.92 Å². The van der Waals surface area contributed by atoms with Gasteiger partial charge in [0.15, 0.2) is 0 Å². The van der Waals surface area contributed by atoms with E-state index in [0.717, 1.165) is 5.56 Å². The first-order valence-corrected chi connectivity index (χ1v) is 8.42. The summed E-state index contributed by atoms with van der Waals surface area (Å²) >= 11 is 6.10. The number of para-hydroxylation sites is 2. The predicted octanol–water partition coefficient (Wildman–Crippen LogP) is 3.79. The first-order valence-electron chi connectivity index (χ1n) is 8.04. The molecule has 0 spiro atoms. The van der Waals surface area contributed by atoms with Gasteiger partial charge in [-0.1, -0.05) is 29.8 Å². The van der Waals surface area contributed by atoms with Crippen molar-refractivity contribution in [2.24, 2.45) is 0 Å². The molecule has 1 aliphatic rings. The van der Waals surface area contributed by atoms with Crippen LogP contribution >= 0.6 is 11.6 Å². The molecule has 1 atom stereocenters. The lowest BCUT2D eigenvalue weighted by atomic mass is 9.99. The third-order valence-corrected chi connectivity index (χ3v) is 4.71. The molecule has 2 aromatic rings. The van der Waals surface area contributed by atoms with E-state index >= 15 is 0 Å². The quantitative estimate of drug-likeness (QED) is 0.849. The predicted molar refractivity (Wildman–Crippen MR) is 98.3 cm³/mol. The van der Waals surface area contributed by atoms with Crippen LogP contribution in [0.3, 0.4) is 0 Å². The maximum Gasteiger partial charge on any atom is 0.280 e. The molecule has 0 radical (unpaired) electrons. The number of fused-ring (bicyclic) bond motifs is 1. The van der Waals surface area contributed by atoms with Gasteiger partial charge in [-0.05, 0) is 50.6 Å². The number of amides is 2. The zero-order valence-electron chi connectivity index (χ0n) is 14.3. The molecule has 0 fully saturated rings. The van der Waals surface area contributed by atoms with E-state index in [-0.39, 0.29) is 0 Å². The molecule has 1 aliphatic heterocycles. The lowest BCUT2D eigenvalue weighted by Crippen LogP contribution is -2.60. The van der Waals surface area contributed by atoms with Gasteiger partial charge in [-0.15, -0.1) is 0 Å². The highest BCUT2D eigenvalue weighted by atomic mass is 35.5. The number of carbonyl (C=O) groups excluding carboxylic acids is 2. The van der Waals surface area contributed by atoms with E-state index < -0.39 is 17.4 Å². The summed E-state index contributed by atoms with van der Waals surface area (Å²) in [6, 6.07) is 12.4. The van der Waals surface area contributed by atoms with E-state index in [0.29, 0.717) is 28.7 Å². The van der Waals surface area contributed by atoms with Crippen molar-refractivity contribution in [3.63, 3.8) is 0 Å². The van der Waals surface area contributed by atoms with E-state index in [1.54, 1.807) is 41.3 Å². The normalized spacial score (nSPS) is 19.2. The number of nitrogens with zero attached hydrogens (tertiary/aromatic N) is 1. The Morgan fingerprint density at radius 1 is 1.28 bits per heavy atom. The van der Waals surface area contributed by atoms with Crippen LogP contribution in [0.25, 0.3) is 0 Å². The Kier molecular flexibility index (Phi) is 4.43. The van der Waals surface area contributed by atoms with E-state index in [4.69, 9.17) is 16.3 Å².